The Morgan fingerprint density at radius 3 is 2.57 bits per heavy atom. The predicted molar refractivity (Wildman–Crippen MR) is 122 cm³/mol. The first kappa shape index (κ1) is 22.5. The summed E-state index contributed by atoms with van der Waals surface area (Å²) in [5.41, 5.74) is 2.14. The Hall–Kier alpha value is -4.34. The maximum atomic E-state index is 13.1. The minimum Gasteiger partial charge on any atom is -0.482 e. The van der Waals surface area contributed by atoms with E-state index in [-0.39, 0.29) is 30.1 Å². The molecule has 0 saturated heterocycles. The third kappa shape index (κ3) is 4.54. The van der Waals surface area contributed by atoms with Crippen molar-refractivity contribution in [3.8, 4) is 5.75 Å². The van der Waals surface area contributed by atoms with Gasteiger partial charge in [-0.2, -0.15) is 13.2 Å². The second-order valence-corrected chi connectivity index (χ2v) is 8.01. The highest BCUT2D eigenvalue weighted by atomic mass is 19.4. The summed E-state index contributed by atoms with van der Waals surface area (Å²) in [7, 11) is 0. The molecule has 2 amide bonds. The minimum absolute atomic E-state index is 0.162. The molecule has 1 aliphatic heterocycles. The van der Waals surface area contributed by atoms with Crippen LogP contribution in [0.15, 0.2) is 72.8 Å². The summed E-state index contributed by atoms with van der Waals surface area (Å²) >= 11 is 0. The van der Waals surface area contributed by atoms with Gasteiger partial charge in [0.2, 0.25) is 11.7 Å². The molecule has 0 unspecified atom stereocenters. The molecule has 0 spiro atoms. The van der Waals surface area contributed by atoms with Crippen LogP contribution >= 0.6 is 0 Å². The number of rotatable bonds is 5. The second kappa shape index (κ2) is 8.79. The zero-order valence-corrected chi connectivity index (χ0v) is 18.2. The van der Waals surface area contributed by atoms with Gasteiger partial charge in [-0.05, 0) is 35.4 Å². The van der Waals surface area contributed by atoms with Gasteiger partial charge in [-0.1, -0.05) is 48.5 Å². The van der Waals surface area contributed by atoms with Gasteiger partial charge >= 0.3 is 6.18 Å². The Labute approximate surface area is 197 Å². The second-order valence-electron chi connectivity index (χ2n) is 8.01. The van der Waals surface area contributed by atoms with Crippen LogP contribution in [0.25, 0.3) is 11.0 Å². The molecular formula is C25H19F3N4O3. The van der Waals surface area contributed by atoms with Gasteiger partial charge in [0.15, 0.2) is 6.61 Å². The lowest BCUT2D eigenvalue weighted by molar-refractivity contribution is -0.144. The van der Waals surface area contributed by atoms with Gasteiger partial charge in [0.05, 0.1) is 22.8 Å². The molecule has 0 aliphatic carbocycles. The molecule has 0 fully saturated rings. The van der Waals surface area contributed by atoms with Crippen molar-refractivity contribution in [3.05, 3.63) is 89.7 Å². The Morgan fingerprint density at radius 2 is 1.80 bits per heavy atom. The van der Waals surface area contributed by atoms with Crippen LogP contribution in [-0.4, -0.2) is 34.9 Å². The van der Waals surface area contributed by atoms with Crippen LogP contribution in [0.3, 0.4) is 0 Å². The molecule has 7 nitrogen and oxygen atoms in total. The van der Waals surface area contributed by atoms with Crippen LogP contribution in [-0.2, 0) is 15.8 Å². The number of fused-ring (bicyclic) bond motifs is 2. The van der Waals surface area contributed by atoms with E-state index in [2.05, 4.69) is 15.3 Å². The molecule has 1 atom stereocenters. The van der Waals surface area contributed by atoms with E-state index in [0.29, 0.717) is 17.0 Å². The monoisotopic (exact) mass is 480 g/mol. The molecule has 1 aromatic heterocycles. The van der Waals surface area contributed by atoms with Crippen molar-refractivity contribution in [1.29, 1.82) is 0 Å². The molecule has 1 aliphatic rings. The smallest absolute Gasteiger partial charge is 0.449 e. The summed E-state index contributed by atoms with van der Waals surface area (Å²) in [5, 5.41) is 2.92. The Bertz CT molecular complexity index is 1400. The van der Waals surface area contributed by atoms with Crippen LogP contribution < -0.4 is 15.0 Å². The van der Waals surface area contributed by atoms with Crippen LogP contribution in [0.1, 0.15) is 23.0 Å². The SMILES string of the molecule is O=C(CN1C(=O)COc2ccccc21)N[C@H](c1ccccc1)c1ccc2nc(C(F)(F)F)[nH]c2c1. The maximum Gasteiger partial charge on any atom is 0.449 e. The molecule has 35 heavy (non-hydrogen) atoms. The zero-order chi connectivity index (χ0) is 24.6. The van der Waals surface area contributed by atoms with Gasteiger partial charge in [0, 0.05) is 0 Å². The molecular weight excluding hydrogens is 461 g/mol. The van der Waals surface area contributed by atoms with Gasteiger partial charge in [-0.25, -0.2) is 4.98 Å². The van der Waals surface area contributed by atoms with E-state index in [1.54, 1.807) is 54.6 Å². The molecule has 3 aromatic carbocycles. The van der Waals surface area contributed by atoms with E-state index in [4.69, 9.17) is 4.74 Å². The first-order valence-electron chi connectivity index (χ1n) is 10.7. The molecule has 2 heterocycles. The van der Waals surface area contributed by atoms with E-state index < -0.39 is 23.9 Å². The van der Waals surface area contributed by atoms with Crippen LogP contribution in [0, 0.1) is 0 Å². The summed E-state index contributed by atoms with van der Waals surface area (Å²) < 4.78 is 44.7. The van der Waals surface area contributed by atoms with E-state index in [0.717, 1.165) is 5.56 Å². The third-order valence-corrected chi connectivity index (χ3v) is 5.66. The molecule has 4 aromatic rings. The number of aromatic nitrogens is 2. The Balaban J connectivity index is 1.45. The van der Waals surface area contributed by atoms with E-state index in [1.165, 1.54) is 17.0 Å². The lowest BCUT2D eigenvalue weighted by atomic mass is 9.98. The number of imidazole rings is 1. The highest BCUT2D eigenvalue weighted by molar-refractivity contribution is 6.02. The van der Waals surface area contributed by atoms with Gasteiger partial charge in [-0.3, -0.25) is 14.5 Å². The lowest BCUT2D eigenvalue weighted by Gasteiger charge is -2.29. The molecule has 10 heteroatoms. The highest BCUT2D eigenvalue weighted by Crippen LogP contribution is 2.32. The normalized spacial score (nSPS) is 14.4. The number of para-hydroxylation sites is 2. The highest BCUT2D eigenvalue weighted by Gasteiger charge is 2.35. The van der Waals surface area contributed by atoms with E-state index >= 15 is 0 Å². The first-order chi connectivity index (χ1) is 16.8. The van der Waals surface area contributed by atoms with Crippen LogP contribution in [0.5, 0.6) is 5.75 Å². The number of nitrogens with one attached hydrogen (secondary N) is 2. The molecule has 178 valence electrons. The average molecular weight is 480 g/mol. The van der Waals surface area contributed by atoms with Crippen LogP contribution in [0.4, 0.5) is 18.9 Å². The number of carbonyl (C=O) groups is 2. The number of hydrogen-bond donors (Lipinski definition) is 2. The van der Waals surface area contributed by atoms with Crippen molar-refractivity contribution in [2.24, 2.45) is 0 Å². The summed E-state index contributed by atoms with van der Waals surface area (Å²) in [4.78, 5) is 32.8. The van der Waals surface area contributed by atoms with E-state index in [1.807, 2.05) is 6.07 Å². The average Bonchev–Trinajstić information content (AvgIpc) is 3.29. The molecule has 0 radical (unpaired) electrons. The van der Waals surface area contributed by atoms with Crippen molar-refractivity contribution >= 4 is 28.5 Å². The number of nitrogens with zero attached hydrogens (tertiary/aromatic N) is 2. The standard InChI is InChI=1S/C25H19F3N4O3/c26-25(27,28)24-29-17-11-10-16(12-18(17)30-24)23(15-6-2-1-3-7-15)31-21(33)13-32-19-8-4-5-9-20(19)35-14-22(32)34/h1-12,23H,13-14H2,(H,29,30)(H,31,33)/t23-/m1/s1. The fourth-order valence-corrected chi connectivity index (χ4v) is 4.02. The van der Waals surface area contributed by atoms with Crippen LogP contribution in [0.2, 0.25) is 0 Å². The number of alkyl halides is 3. The largest absolute Gasteiger partial charge is 0.482 e. The van der Waals surface area contributed by atoms with Crippen molar-refractivity contribution in [2.75, 3.05) is 18.1 Å². The van der Waals surface area contributed by atoms with Gasteiger partial charge in [-0.15, -0.1) is 0 Å². The van der Waals surface area contributed by atoms with Gasteiger partial charge < -0.3 is 15.0 Å². The number of anilines is 1. The van der Waals surface area contributed by atoms with Gasteiger partial charge in [0.25, 0.3) is 5.91 Å². The topological polar surface area (TPSA) is 87.3 Å². The third-order valence-electron chi connectivity index (χ3n) is 5.66. The van der Waals surface area contributed by atoms with Gasteiger partial charge in [0.1, 0.15) is 12.3 Å². The molecule has 0 bridgehead atoms. The number of amides is 2. The number of carbonyl (C=O) groups excluding carboxylic acids is 2. The number of halogens is 3. The zero-order valence-electron chi connectivity index (χ0n) is 18.2. The minimum atomic E-state index is -4.60. The Kier molecular flexibility index (Phi) is 5.64. The molecule has 5 rings (SSSR count). The number of hydrogen-bond acceptors (Lipinski definition) is 4. The summed E-state index contributed by atoms with van der Waals surface area (Å²) in [6.07, 6.45) is -4.60. The van der Waals surface area contributed by atoms with Crippen molar-refractivity contribution in [2.45, 2.75) is 12.2 Å². The summed E-state index contributed by atoms with van der Waals surface area (Å²) in [6.45, 7) is -0.419. The number of benzene rings is 3. The molecule has 0 saturated carbocycles. The number of ether oxygens (including phenoxy) is 1. The number of aromatic amines is 1. The van der Waals surface area contributed by atoms with E-state index in [9.17, 15) is 22.8 Å². The Morgan fingerprint density at radius 1 is 1.06 bits per heavy atom. The fraction of sp³-hybridized carbons (Fsp3) is 0.160. The number of H-pyrrole nitrogens is 1. The summed E-state index contributed by atoms with van der Waals surface area (Å²) in [5.74, 6) is -1.38. The quantitative estimate of drug-likeness (QED) is 0.448. The van der Waals surface area contributed by atoms with Crippen molar-refractivity contribution in [3.63, 3.8) is 0 Å². The predicted octanol–water partition coefficient (Wildman–Crippen LogP) is 4.21. The fourth-order valence-electron chi connectivity index (χ4n) is 4.02. The van der Waals surface area contributed by atoms with Crippen molar-refractivity contribution < 1.29 is 27.5 Å². The first-order valence-corrected chi connectivity index (χ1v) is 10.7. The maximum absolute atomic E-state index is 13.1. The lowest BCUT2D eigenvalue weighted by Crippen LogP contribution is -2.45. The van der Waals surface area contributed by atoms with Crippen molar-refractivity contribution in [1.82, 2.24) is 15.3 Å². The summed E-state index contributed by atoms with van der Waals surface area (Å²) in [6, 6.07) is 19.9. The molecule has 2 N–H and O–H groups in total.